The molecule has 1 atom stereocenters. The van der Waals surface area contributed by atoms with E-state index in [1.807, 2.05) is 55.5 Å². The molecule has 0 spiro atoms. The van der Waals surface area contributed by atoms with Gasteiger partial charge in [-0.25, -0.2) is 4.98 Å². The Hall–Kier alpha value is -2.82. The molecule has 112 valence electrons. The van der Waals surface area contributed by atoms with Gasteiger partial charge in [-0.15, -0.1) is 0 Å². The number of aromatic amines is 1. The first-order chi connectivity index (χ1) is 10.7. The molecule has 0 saturated carbocycles. The first-order valence-electron chi connectivity index (χ1n) is 7.16. The van der Waals surface area contributed by atoms with Crippen LogP contribution in [0.2, 0.25) is 0 Å². The molecule has 3 aromatic rings. The van der Waals surface area contributed by atoms with Crippen molar-refractivity contribution in [3.8, 4) is 5.75 Å². The fourth-order valence-electron chi connectivity index (χ4n) is 2.17. The number of hydrogen-bond acceptors (Lipinski definition) is 4. The Bertz CT molecular complexity index is 815. The van der Waals surface area contributed by atoms with Crippen molar-refractivity contribution in [2.75, 3.05) is 11.9 Å². The SMILES string of the molecule is CC(COc1ccccc1)Nc1nc2ccccc2c(=O)[nH]1. The van der Waals surface area contributed by atoms with Gasteiger partial charge in [-0.1, -0.05) is 30.3 Å². The number of hydrogen-bond donors (Lipinski definition) is 2. The van der Waals surface area contributed by atoms with Gasteiger partial charge in [0, 0.05) is 0 Å². The van der Waals surface area contributed by atoms with E-state index >= 15 is 0 Å². The fourth-order valence-corrected chi connectivity index (χ4v) is 2.17. The number of rotatable bonds is 5. The largest absolute Gasteiger partial charge is 0.491 e. The first kappa shape index (κ1) is 14.1. The minimum absolute atomic E-state index is 0.00418. The molecule has 0 aliphatic carbocycles. The number of nitrogens with one attached hydrogen (secondary N) is 2. The number of ether oxygens (including phenoxy) is 1. The van der Waals surface area contributed by atoms with Crippen molar-refractivity contribution >= 4 is 16.9 Å². The lowest BCUT2D eigenvalue weighted by Crippen LogP contribution is -2.26. The predicted octanol–water partition coefficient (Wildman–Crippen LogP) is 2.80. The lowest BCUT2D eigenvalue weighted by Gasteiger charge is -2.15. The predicted molar refractivity (Wildman–Crippen MR) is 87.4 cm³/mol. The average Bonchev–Trinajstić information content (AvgIpc) is 2.54. The quantitative estimate of drug-likeness (QED) is 0.759. The molecule has 22 heavy (non-hydrogen) atoms. The van der Waals surface area contributed by atoms with E-state index in [4.69, 9.17) is 4.74 Å². The molecule has 5 nitrogen and oxygen atoms in total. The third-order valence-corrected chi connectivity index (χ3v) is 3.24. The van der Waals surface area contributed by atoms with Gasteiger partial charge >= 0.3 is 0 Å². The van der Waals surface area contributed by atoms with Crippen molar-refractivity contribution in [1.82, 2.24) is 9.97 Å². The van der Waals surface area contributed by atoms with Crippen LogP contribution in [0.1, 0.15) is 6.92 Å². The standard InChI is InChI=1S/C17H17N3O2/c1-12(11-22-13-7-3-2-4-8-13)18-17-19-15-10-6-5-9-14(15)16(21)20-17/h2-10,12H,11H2,1H3,(H2,18,19,20,21). The maximum Gasteiger partial charge on any atom is 0.260 e. The summed E-state index contributed by atoms with van der Waals surface area (Å²) in [6, 6.07) is 16.9. The lowest BCUT2D eigenvalue weighted by molar-refractivity contribution is 0.303. The molecule has 2 aromatic carbocycles. The van der Waals surface area contributed by atoms with Crippen LogP contribution in [-0.2, 0) is 0 Å². The maximum atomic E-state index is 12.0. The molecule has 5 heteroatoms. The minimum Gasteiger partial charge on any atom is -0.491 e. The van der Waals surface area contributed by atoms with Gasteiger partial charge in [-0.3, -0.25) is 9.78 Å². The molecule has 0 radical (unpaired) electrons. The summed E-state index contributed by atoms with van der Waals surface area (Å²) in [6.07, 6.45) is 0. The highest BCUT2D eigenvalue weighted by Gasteiger charge is 2.07. The Morgan fingerprint density at radius 3 is 2.68 bits per heavy atom. The van der Waals surface area contributed by atoms with Crippen molar-refractivity contribution < 1.29 is 4.74 Å². The van der Waals surface area contributed by atoms with E-state index in [1.165, 1.54) is 0 Å². The molecule has 1 aromatic heterocycles. The zero-order valence-electron chi connectivity index (χ0n) is 12.2. The number of fused-ring (bicyclic) bond motifs is 1. The molecule has 0 fully saturated rings. The average molecular weight is 295 g/mol. The van der Waals surface area contributed by atoms with E-state index in [-0.39, 0.29) is 11.6 Å². The van der Waals surface area contributed by atoms with Gasteiger partial charge in [0.2, 0.25) is 5.95 Å². The Balaban J connectivity index is 1.69. The van der Waals surface area contributed by atoms with E-state index in [2.05, 4.69) is 15.3 Å². The topological polar surface area (TPSA) is 67.0 Å². The van der Waals surface area contributed by atoms with Crippen LogP contribution in [0.3, 0.4) is 0 Å². The summed E-state index contributed by atoms with van der Waals surface area (Å²) in [5.74, 6) is 1.27. The third-order valence-electron chi connectivity index (χ3n) is 3.24. The van der Waals surface area contributed by atoms with Crippen LogP contribution in [0.5, 0.6) is 5.75 Å². The van der Waals surface area contributed by atoms with Gasteiger partial charge in [0.1, 0.15) is 12.4 Å². The smallest absolute Gasteiger partial charge is 0.260 e. The second kappa shape index (κ2) is 6.30. The molecular weight excluding hydrogens is 278 g/mol. The molecule has 0 aliphatic heterocycles. The van der Waals surface area contributed by atoms with Gasteiger partial charge in [-0.2, -0.15) is 0 Å². The van der Waals surface area contributed by atoms with Crippen LogP contribution < -0.4 is 15.6 Å². The molecule has 1 unspecified atom stereocenters. The Kier molecular flexibility index (Phi) is 4.05. The molecule has 1 heterocycles. The molecule has 0 bridgehead atoms. The van der Waals surface area contributed by atoms with Crippen LogP contribution in [0.4, 0.5) is 5.95 Å². The first-order valence-corrected chi connectivity index (χ1v) is 7.16. The molecule has 0 saturated heterocycles. The second-order valence-corrected chi connectivity index (χ2v) is 5.10. The third kappa shape index (κ3) is 3.25. The summed E-state index contributed by atoms with van der Waals surface area (Å²) in [7, 11) is 0. The highest BCUT2D eigenvalue weighted by molar-refractivity contribution is 5.78. The van der Waals surface area contributed by atoms with E-state index in [9.17, 15) is 4.79 Å². The Labute approximate surface area is 128 Å². The fraction of sp³-hybridized carbons (Fsp3) is 0.176. The van der Waals surface area contributed by atoms with Crippen LogP contribution in [0.15, 0.2) is 59.4 Å². The summed E-state index contributed by atoms with van der Waals surface area (Å²) >= 11 is 0. The number of H-pyrrole nitrogens is 1. The normalized spacial score (nSPS) is 12.0. The Morgan fingerprint density at radius 2 is 1.86 bits per heavy atom. The Morgan fingerprint density at radius 1 is 1.14 bits per heavy atom. The zero-order chi connectivity index (χ0) is 15.4. The van der Waals surface area contributed by atoms with E-state index in [0.29, 0.717) is 23.5 Å². The number of aromatic nitrogens is 2. The van der Waals surface area contributed by atoms with Crippen LogP contribution in [0.25, 0.3) is 10.9 Å². The maximum absolute atomic E-state index is 12.0. The molecule has 0 amide bonds. The number of benzene rings is 2. The van der Waals surface area contributed by atoms with Crippen molar-refractivity contribution in [2.24, 2.45) is 0 Å². The summed E-state index contributed by atoms with van der Waals surface area (Å²) in [5, 5.41) is 3.74. The zero-order valence-corrected chi connectivity index (χ0v) is 12.2. The van der Waals surface area contributed by atoms with E-state index in [0.717, 1.165) is 5.75 Å². The van der Waals surface area contributed by atoms with Crippen molar-refractivity contribution in [3.63, 3.8) is 0 Å². The molecular formula is C17H17N3O2. The summed E-state index contributed by atoms with van der Waals surface area (Å²) in [4.78, 5) is 19.1. The minimum atomic E-state index is -0.149. The highest BCUT2D eigenvalue weighted by atomic mass is 16.5. The molecule has 0 aliphatic rings. The number of anilines is 1. The monoisotopic (exact) mass is 295 g/mol. The summed E-state index contributed by atoms with van der Waals surface area (Å²) in [5.41, 5.74) is 0.522. The van der Waals surface area contributed by atoms with Crippen LogP contribution in [0, 0.1) is 0 Å². The van der Waals surface area contributed by atoms with E-state index in [1.54, 1.807) is 6.07 Å². The van der Waals surface area contributed by atoms with Gasteiger partial charge in [0.15, 0.2) is 0 Å². The van der Waals surface area contributed by atoms with Gasteiger partial charge in [0.05, 0.1) is 16.9 Å². The molecule has 3 rings (SSSR count). The molecule has 2 N–H and O–H groups in total. The summed E-state index contributed by atoms with van der Waals surface area (Å²) < 4.78 is 5.68. The summed E-state index contributed by atoms with van der Waals surface area (Å²) in [6.45, 7) is 2.44. The highest BCUT2D eigenvalue weighted by Crippen LogP contribution is 2.11. The second-order valence-electron chi connectivity index (χ2n) is 5.10. The van der Waals surface area contributed by atoms with E-state index < -0.39 is 0 Å². The van der Waals surface area contributed by atoms with Crippen LogP contribution >= 0.6 is 0 Å². The van der Waals surface area contributed by atoms with Gasteiger partial charge in [0.25, 0.3) is 5.56 Å². The van der Waals surface area contributed by atoms with Gasteiger partial charge in [-0.05, 0) is 31.2 Å². The lowest BCUT2D eigenvalue weighted by atomic mass is 10.2. The van der Waals surface area contributed by atoms with Crippen molar-refractivity contribution in [2.45, 2.75) is 13.0 Å². The van der Waals surface area contributed by atoms with Crippen molar-refractivity contribution in [1.29, 1.82) is 0 Å². The number of nitrogens with zero attached hydrogens (tertiary/aromatic N) is 1. The van der Waals surface area contributed by atoms with Gasteiger partial charge < -0.3 is 10.1 Å². The van der Waals surface area contributed by atoms with Crippen molar-refractivity contribution in [3.05, 3.63) is 65.0 Å². The number of para-hydroxylation sites is 2. The van der Waals surface area contributed by atoms with Crippen LogP contribution in [-0.4, -0.2) is 22.6 Å².